The molecule has 1 rings (SSSR count). The highest BCUT2D eigenvalue weighted by Crippen LogP contribution is 2.09. The summed E-state index contributed by atoms with van der Waals surface area (Å²) in [6.07, 6.45) is 21.9. The quantitative estimate of drug-likeness (QED) is 0.303. The van der Waals surface area contributed by atoms with Crippen molar-refractivity contribution in [2.24, 2.45) is 5.73 Å². The Morgan fingerprint density at radius 3 is 1.76 bits per heavy atom. The zero-order chi connectivity index (χ0) is 18.4. The summed E-state index contributed by atoms with van der Waals surface area (Å²) < 4.78 is 0. The number of nitrogens with zero attached hydrogens (tertiary/aromatic N) is 2. The van der Waals surface area contributed by atoms with Crippen LogP contribution in [-0.4, -0.2) is 16.1 Å². The average Bonchev–Trinajstić information content (AvgIpc) is 3.18. The molecule has 0 atom stereocenters. The summed E-state index contributed by atoms with van der Waals surface area (Å²) in [5.41, 5.74) is 8.46. The van der Waals surface area contributed by atoms with E-state index in [1.54, 1.807) is 11.0 Å². The number of hydrogen-bond acceptors (Lipinski definition) is 4. The molecule has 4 nitrogen and oxygen atoms in total. The highest BCUT2D eigenvalue weighted by atomic mass is 32.1. The van der Waals surface area contributed by atoms with Crippen molar-refractivity contribution in [2.75, 3.05) is 0 Å². The molecule has 0 aliphatic heterocycles. The fraction of sp³-hybridized carbons (Fsp3) is 0.750. The summed E-state index contributed by atoms with van der Waals surface area (Å²) in [5, 5.41) is 6.98. The summed E-state index contributed by atoms with van der Waals surface area (Å²) >= 11 is 1.49. The summed E-state index contributed by atoms with van der Waals surface area (Å²) in [5.74, 6) is -0.164. The summed E-state index contributed by atoms with van der Waals surface area (Å²) in [4.78, 5) is 10.5. The number of aromatic nitrogens is 2. The zero-order valence-corrected chi connectivity index (χ0v) is 16.8. The molecule has 0 aliphatic carbocycles. The second-order valence-corrected chi connectivity index (χ2v) is 7.07. The lowest BCUT2D eigenvalue weighted by atomic mass is 10.1. The SMILES string of the molecule is CCCCCCCC/C=C/CCCCCCCC(N)=O.c1nncs1. The Hall–Kier alpha value is -1.23. The normalized spacial score (nSPS) is 10.6. The molecule has 5 heteroatoms. The Labute approximate surface area is 158 Å². The molecule has 0 aromatic carbocycles. The molecule has 1 aromatic heterocycles. The van der Waals surface area contributed by atoms with Crippen molar-refractivity contribution in [3.05, 3.63) is 23.2 Å². The Balaban J connectivity index is 0.000000972. The second-order valence-electron chi connectivity index (χ2n) is 6.38. The molecule has 0 spiro atoms. The van der Waals surface area contributed by atoms with Crippen LogP contribution in [0.15, 0.2) is 23.2 Å². The topological polar surface area (TPSA) is 68.9 Å². The van der Waals surface area contributed by atoms with Crippen LogP contribution in [0.3, 0.4) is 0 Å². The summed E-state index contributed by atoms with van der Waals surface area (Å²) in [6, 6.07) is 0. The molecule has 1 aromatic rings. The fourth-order valence-electron chi connectivity index (χ4n) is 2.51. The molecule has 1 heterocycles. The minimum Gasteiger partial charge on any atom is -0.370 e. The standard InChI is InChI=1S/C18H35NO.C2H2N2S/c1-2-3-4-5-6-7-8-9-10-11-12-13-14-15-16-17-18(19)20;1-3-4-2-5-1/h9-10H,2-8,11-17H2,1H3,(H2,19,20);1-2H/b10-9+;. The van der Waals surface area contributed by atoms with Crippen molar-refractivity contribution in [1.82, 2.24) is 10.2 Å². The monoisotopic (exact) mass is 367 g/mol. The number of hydrogen-bond donors (Lipinski definition) is 1. The van der Waals surface area contributed by atoms with Crippen LogP contribution in [0, 0.1) is 0 Å². The first-order valence-corrected chi connectivity index (χ1v) is 10.8. The first kappa shape index (κ1) is 23.8. The van der Waals surface area contributed by atoms with E-state index in [4.69, 9.17) is 5.73 Å². The number of nitrogens with two attached hydrogens (primary N) is 1. The molecule has 2 N–H and O–H groups in total. The molecular weight excluding hydrogens is 330 g/mol. The van der Waals surface area contributed by atoms with Gasteiger partial charge in [0, 0.05) is 6.42 Å². The van der Waals surface area contributed by atoms with Gasteiger partial charge in [-0.05, 0) is 32.1 Å². The highest BCUT2D eigenvalue weighted by molar-refractivity contribution is 7.07. The van der Waals surface area contributed by atoms with Gasteiger partial charge in [-0.15, -0.1) is 21.5 Å². The average molecular weight is 368 g/mol. The lowest BCUT2D eigenvalue weighted by Crippen LogP contribution is -2.09. The molecule has 144 valence electrons. The van der Waals surface area contributed by atoms with Crippen LogP contribution >= 0.6 is 11.3 Å². The molecule has 1 amide bonds. The van der Waals surface area contributed by atoms with Gasteiger partial charge < -0.3 is 5.73 Å². The number of carbonyl (C=O) groups excluding carboxylic acids is 1. The summed E-state index contributed by atoms with van der Waals surface area (Å²) in [6.45, 7) is 2.26. The maximum absolute atomic E-state index is 10.5. The number of primary amides is 1. The first-order valence-electron chi connectivity index (χ1n) is 9.89. The van der Waals surface area contributed by atoms with Crippen molar-refractivity contribution in [1.29, 1.82) is 0 Å². The van der Waals surface area contributed by atoms with Crippen molar-refractivity contribution in [3.63, 3.8) is 0 Å². The molecule has 0 radical (unpaired) electrons. The van der Waals surface area contributed by atoms with E-state index >= 15 is 0 Å². The number of allylic oxidation sites excluding steroid dienone is 2. The largest absolute Gasteiger partial charge is 0.370 e. The van der Waals surface area contributed by atoms with Crippen molar-refractivity contribution in [3.8, 4) is 0 Å². The molecule has 0 fully saturated rings. The zero-order valence-electron chi connectivity index (χ0n) is 16.0. The van der Waals surface area contributed by atoms with Gasteiger partial charge in [0.15, 0.2) is 0 Å². The number of amides is 1. The van der Waals surface area contributed by atoms with E-state index in [1.165, 1.54) is 82.0 Å². The lowest BCUT2D eigenvalue weighted by Gasteiger charge is -1.99. The lowest BCUT2D eigenvalue weighted by molar-refractivity contribution is -0.118. The van der Waals surface area contributed by atoms with Gasteiger partial charge in [0.1, 0.15) is 11.0 Å². The van der Waals surface area contributed by atoms with E-state index in [9.17, 15) is 4.79 Å². The third-order valence-corrected chi connectivity index (χ3v) is 4.40. The smallest absolute Gasteiger partial charge is 0.217 e. The Bertz CT molecular complexity index is 376. The van der Waals surface area contributed by atoms with Crippen LogP contribution in [0.25, 0.3) is 0 Å². The van der Waals surface area contributed by atoms with Gasteiger partial charge >= 0.3 is 0 Å². The third-order valence-electron chi connectivity index (χ3n) is 3.97. The molecular formula is C20H37N3OS. The van der Waals surface area contributed by atoms with Crippen LogP contribution < -0.4 is 5.73 Å². The van der Waals surface area contributed by atoms with Gasteiger partial charge in [-0.2, -0.15) is 0 Å². The minimum atomic E-state index is -0.164. The van der Waals surface area contributed by atoms with E-state index < -0.39 is 0 Å². The predicted octanol–water partition coefficient (Wildman–Crippen LogP) is 6.05. The van der Waals surface area contributed by atoms with Gasteiger partial charge in [-0.3, -0.25) is 4.79 Å². The Morgan fingerprint density at radius 1 is 0.840 bits per heavy atom. The van der Waals surface area contributed by atoms with Crippen LogP contribution in [0.2, 0.25) is 0 Å². The van der Waals surface area contributed by atoms with Crippen LogP contribution in [-0.2, 0) is 4.79 Å². The fourth-order valence-corrected chi connectivity index (χ4v) is 2.78. The highest BCUT2D eigenvalue weighted by Gasteiger charge is 1.94. The summed E-state index contributed by atoms with van der Waals surface area (Å²) in [7, 11) is 0. The molecule has 0 bridgehead atoms. The molecule has 0 aliphatic rings. The molecule has 0 saturated heterocycles. The maximum atomic E-state index is 10.5. The van der Waals surface area contributed by atoms with Crippen molar-refractivity contribution < 1.29 is 4.79 Å². The van der Waals surface area contributed by atoms with Crippen LogP contribution in [0.5, 0.6) is 0 Å². The van der Waals surface area contributed by atoms with E-state index in [1.807, 2.05) is 0 Å². The van der Waals surface area contributed by atoms with E-state index in [0.29, 0.717) is 6.42 Å². The third kappa shape index (κ3) is 22.8. The first-order chi connectivity index (χ1) is 12.3. The van der Waals surface area contributed by atoms with Gasteiger partial charge in [0.2, 0.25) is 5.91 Å². The van der Waals surface area contributed by atoms with Gasteiger partial charge in [-0.1, -0.05) is 70.4 Å². The van der Waals surface area contributed by atoms with Gasteiger partial charge in [0.25, 0.3) is 0 Å². The number of carbonyl (C=O) groups is 1. The van der Waals surface area contributed by atoms with Crippen LogP contribution in [0.4, 0.5) is 0 Å². The number of unbranched alkanes of at least 4 members (excludes halogenated alkanes) is 11. The Kier molecular flexibility index (Phi) is 19.8. The van der Waals surface area contributed by atoms with Gasteiger partial charge in [-0.25, -0.2) is 0 Å². The van der Waals surface area contributed by atoms with E-state index in [2.05, 4.69) is 29.3 Å². The Morgan fingerprint density at radius 2 is 1.32 bits per heavy atom. The van der Waals surface area contributed by atoms with E-state index in [-0.39, 0.29) is 5.91 Å². The number of rotatable bonds is 15. The molecule has 0 unspecified atom stereocenters. The van der Waals surface area contributed by atoms with Crippen molar-refractivity contribution in [2.45, 2.75) is 96.8 Å². The minimum absolute atomic E-state index is 0.164. The van der Waals surface area contributed by atoms with E-state index in [0.717, 1.165) is 12.8 Å². The maximum Gasteiger partial charge on any atom is 0.217 e. The second kappa shape index (κ2) is 20.8. The molecule has 0 saturated carbocycles. The molecule has 25 heavy (non-hydrogen) atoms. The predicted molar refractivity (Wildman–Crippen MR) is 109 cm³/mol. The van der Waals surface area contributed by atoms with Crippen LogP contribution in [0.1, 0.15) is 96.8 Å². The van der Waals surface area contributed by atoms with Crippen molar-refractivity contribution >= 4 is 17.2 Å². The van der Waals surface area contributed by atoms with Gasteiger partial charge in [0.05, 0.1) is 0 Å².